The molecule has 0 saturated carbocycles. The van der Waals surface area contributed by atoms with Crippen LogP contribution >= 0.6 is 0 Å². The molecule has 0 bridgehead atoms. The first-order valence-corrected chi connectivity index (χ1v) is 5.27. The first-order valence-electron chi connectivity index (χ1n) is 5.27. The van der Waals surface area contributed by atoms with Crippen molar-refractivity contribution in [3.63, 3.8) is 0 Å². The number of fused-ring (bicyclic) bond motifs is 1. The lowest BCUT2D eigenvalue weighted by Gasteiger charge is -2.13. The molecule has 15 heavy (non-hydrogen) atoms. The summed E-state index contributed by atoms with van der Waals surface area (Å²) in [5, 5.41) is 0.965. The maximum Gasteiger partial charge on any atom is 0.229 e. The SMILES string of the molecule is CC.CC(C)(C)c1cc2cncnc2o1. The third-order valence-corrected chi connectivity index (χ3v) is 1.93. The summed E-state index contributed by atoms with van der Waals surface area (Å²) in [7, 11) is 0. The van der Waals surface area contributed by atoms with E-state index in [2.05, 4.69) is 30.7 Å². The minimum absolute atomic E-state index is 0.0285. The number of hydrogen-bond acceptors (Lipinski definition) is 3. The van der Waals surface area contributed by atoms with E-state index in [1.807, 2.05) is 19.9 Å². The van der Waals surface area contributed by atoms with E-state index in [1.54, 1.807) is 6.20 Å². The fourth-order valence-corrected chi connectivity index (χ4v) is 1.16. The van der Waals surface area contributed by atoms with E-state index in [0.29, 0.717) is 5.71 Å². The van der Waals surface area contributed by atoms with Crippen molar-refractivity contribution < 1.29 is 4.42 Å². The van der Waals surface area contributed by atoms with Gasteiger partial charge < -0.3 is 4.42 Å². The van der Waals surface area contributed by atoms with E-state index in [1.165, 1.54) is 6.33 Å². The molecule has 2 rings (SSSR count). The Morgan fingerprint density at radius 1 is 1.20 bits per heavy atom. The van der Waals surface area contributed by atoms with Crippen LogP contribution in [0.15, 0.2) is 23.0 Å². The van der Waals surface area contributed by atoms with E-state index in [0.717, 1.165) is 11.1 Å². The Kier molecular flexibility index (Phi) is 3.45. The molecule has 0 unspecified atom stereocenters. The van der Waals surface area contributed by atoms with E-state index < -0.39 is 0 Å². The summed E-state index contributed by atoms with van der Waals surface area (Å²) in [6.07, 6.45) is 3.26. The maximum absolute atomic E-state index is 5.58. The van der Waals surface area contributed by atoms with Gasteiger partial charge in [-0.05, 0) is 6.07 Å². The van der Waals surface area contributed by atoms with Gasteiger partial charge in [-0.2, -0.15) is 0 Å². The lowest BCUT2D eigenvalue weighted by molar-refractivity contribution is 0.426. The zero-order valence-corrected chi connectivity index (χ0v) is 10.0. The highest BCUT2D eigenvalue weighted by Gasteiger charge is 2.18. The van der Waals surface area contributed by atoms with Crippen LogP contribution in [-0.4, -0.2) is 9.97 Å². The Balaban J connectivity index is 0.000000531. The summed E-state index contributed by atoms with van der Waals surface area (Å²) < 4.78 is 5.58. The molecule has 0 N–H and O–H groups in total. The van der Waals surface area contributed by atoms with E-state index in [4.69, 9.17) is 4.42 Å². The summed E-state index contributed by atoms with van der Waals surface area (Å²) in [5.74, 6) is 0.947. The van der Waals surface area contributed by atoms with Crippen LogP contribution in [0.3, 0.4) is 0 Å². The molecular formula is C12H18N2O. The third kappa shape index (κ3) is 2.55. The lowest BCUT2D eigenvalue weighted by Crippen LogP contribution is -2.08. The molecule has 3 nitrogen and oxygen atoms in total. The van der Waals surface area contributed by atoms with Gasteiger partial charge in [0.05, 0.1) is 5.39 Å². The van der Waals surface area contributed by atoms with Crippen molar-refractivity contribution >= 4 is 11.1 Å². The number of hydrogen-bond donors (Lipinski definition) is 0. The van der Waals surface area contributed by atoms with Crippen LogP contribution in [0.5, 0.6) is 0 Å². The molecule has 0 radical (unpaired) electrons. The molecule has 0 aliphatic carbocycles. The van der Waals surface area contributed by atoms with Crippen LogP contribution in [0.4, 0.5) is 0 Å². The number of rotatable bonds is 0. The fraction of sp³-hybridized carbons (Fsp3) is 0.500. The Bertz CT molecular complexity index is 393. The van der Waals surface area contributed by atoms with Crippen molar-refractivity contribution in [1.82, 2.24) is 9.97 Å². The second-order valence-corrected chi connectivity index (χ2v) is 4.14. The molecule has 2 aromatic rings. The van der Waals surface area contributed by atoms with Crippen molar-refractivity contribution in [2.75, 3.05) is 0 Å². The van der Waals surface area contributed by atoms with E-state index >= 15 is 0 Å². The fourth-order valence-electron chi connectivity index (χ4n) is 1.16. The molecule has 0 aromatic carbocycles. The predicted octanol–water partition coefficient (Wildman–Crippen LogP) is 3.55. The largest absolute Gasteiger partial charge is 0.442 e. The summed E-state index contributed by atoms with van der Waals surface area (Å²) in [5.41, 5.74) is 0.695. The Morgan fingerprint density at radius 3 is 2.40 bits per heavy atom. The molecule has 0 aliphatic heterocycles. The van der Waals surface area contributed by atoms with Gasteiger partial charge in [-0.3, -0.25) is 0 Å². The van der Waals surface area contributed by atoms with E-state index in [-0.39, 0.29) is 5.41 Å². The van der Waals surface area contributed by atoms with Gasteiger partial charge in [0, 0.05) is 11.6 Å². The molecule has 0 saturated heterocycles. The van der Waals surface area contributed by atoms with Gasteiger partial charge in [-0.15, -0.1) is 0 Å². The summed E-state index contributed by atoms with van der Waals surface area (Å²) >= 11 is 0. The zero-order chi connectivity index (χ0) is 11.5. The quantitative estimate of drug-likeness (QED) is 0.661. The molecule has 2 aromatic heterocycles. The summed E-state index contributed by atoms with van der Waals surface area (Å²) in [6, 6.07) is 2.00. The van der Waals surface area contributed by atoms with E-state index in [9.17, 15) is 0 Å². The first-order chi connectivity index (χ1) is 7.07. The maximum atomic E-state index is 5.58. The Labute approximate surface area is 90.5 Å². The topological polar surface area (TPSA) is 38.9 Å². The van der Waals surface area contributed by atoms with Crippen LogP contribution in [0.1, 0.15) is 40.4 Å². The van der Waals surface area contributed by atoms with Crippen LogP contribution in [0.25, 0.3) is 11.1 Å². The number of nitrogens with zero attached hydrogens (tertiary/aromatic N) is 2. The highest BCUT2D eigenvalue weighted by Crippen LogP contribution is 2.27. The molecule has 0 aliphatic rings. The number of aromatic nitrogens is 2. The summed E-state index contributed by atoms with van der Waals surface area (Å²) in [4.78, 5) is 7.97. The van der Waals surface area contributed by atoms with Crippen molar-refractivity contribution in [2.24, 2.45) is 0 Å². The Hall–Kier alpha value is -1.38. The summed E-state index contributed by atoms with van der Waals surface area (Å²) in [6.45, 7) is 10.3. The average molecular weight is 206 g/mol. The molecule has 0 spiro atoms. The van der Waals surface area contributed by atoms with Gasteiger partial charge in [0.25, 0.3) is 0 Å². The van der Waals surface area contributed by atoms with Crippen LogP contribution < -0.4 is 0 Å². The van der Waals surface area contributed by atoms with Crippen LogP contribution in [0, 0.1) is 0 Å². The van der Waals surface area contributed by atoms with Gasteiger partial charge in [0.15, 0.2) is 0 Å². The molecule has 3 heteroatoms. The molecule has 82 valence electrons. The molecule has 2 heterocycles. The standard InChI is InChI=1S/C10H12N2O.C2H6/c1-10(2,3)8-4-7-5-11-6-12-9(7)13-8;1-2/h4-6H,1-3H3;1-2H3. The van der Waals surface area contributed by atoms with Crippen molar-refractivity contribution in [1.29, 1.82) is 0 Å². The highest BCUT2D eigenvalue weighted by molar-refractivity contribution is 5.72. The van der Waals surface area contributed by atoms with Crippen molar-refractivity contribution in [3.8, 4) is 0 Å². The van der Waals surface area contributed by atoms with Crippen molar-refractivity contribution in [2.45, 2.75) is 40.0 Å². The highest BCUT2D eigenvalue weighted by atomic mass is 16.3. The van der Waals surface area contributed by atoms with Gasteiger partial charge in [0.2, 0.25) is 5.71 Å². The molecule has 0 amide bonds. The molecule has 0 atom stereocenters. The second-order valence-electron chi connectivity index (χ2n) is 4.14. The average Bonchev–Trinajstić information content (AvgIpc) is 2.63. The monoisotopic (exact) mass is 206 g/mol. The number of furan rings is 1. The van der Waals surface area contributed by atoms with Crippen molar-refractivity contribution in [3.05, 3.63) is 24.4 Å². The predicted molar refractivity (Wildman–Crippen MR) is 61.9 cm³/mol. The normalized spacial score (nSPS) is 11.0. The molecular weight excluding hydrogens is 188 g/mol. The zero-order valence-electron chi connectivity index (χ0n) is 10.0. The minimum Gasteiger partial charge on any atom is -0.442 e. The first kappa shape index (κ1) is 11.7. The van der Waals surface area contributed by atoms with Crippen LogP contribution in [0.2, 0.25) is 0 Å². The third-order valence-electron chi connectivity index (χ3n) is 1.93. The minimum atomic E-state index is 0.0285. The Morgan fingerprint density at radius 2 is 1.87 bits per heavy atom. The van der Waals surface area contributed by atoms with Gasteiger partial charge in [0.1, 0.15) is 12.1 Å². The van der Waals surface area contributed by atoms with Gasteiger partial charge >= 0.3 is 0 Å². The van der Waals surface area contributed by atoms with Crippen LogP contribution in [-0.2, 0) is 5.41 Å². The molecule has 0 fully saturated rings. The smallest absolute Gasteiger partial charge is 0.229 e. The van der Waals surface area contributed by atoms with Gasteiger partial charge in [-0.25, -0.2) is 9.97 Å². The lowest BCUT2D eigenvalue weighted by atomic mass is 9.93. The van der Waals surface area contributed by atoms with Gasteiger partial charge in [-0.1, -0.05) is 34.6 Å². The second kappa shape index (κ2) is 4.43.